The van der Waals surface area contributed by atoms with Gasteiger partial charge in [0.05, 0.1) is 6.26 Å². The minimum absolute atomic E-state index is 0.0751. The van der Waals surface area contributed by atoms with Crippen LogP contribution in [-0.2, 0) is 0 Å². The van der Waals surface area contributed by atoms with Crippen LogP contribution in [0.4, 0.5) is 0 Å². The van der Waals surface area contributed by atoms with Crippen molar-refractivity contribution in [2.75, 3.05) is 0 Å². The number of hydrogen-bond acceptors (Lipinski definition) is 2. The van der Waals surface area contributed by atoms with Crippen LogP contribution in [0.1, 0.15) is 56.0 Å². The molecule has 3 heteroatoms. The average Bonchev–Trinajstić information content (AvgIpc) is 2.86. The molecule has 1 heterocycles. The van der Waals surface area contributed by atoms with Crippen LogP contribution in [0, 0.1) is 5.92 Å². The van der Waals surface area contributed by atoms with Gasteiger partial charge in [0, 0.05) is 6.04 Å². The van der Waals surface area contributed by atoms with Gasteiger partial charge in [-0.15, -0.1) is 0 Å². The lowest BCUT2D eigenvalue weighted by Gasteiger charge is -2.28. The van der Waals surface area contributed by atoms with E-state index in [1.807, 2.05) is 0 Å². The van der Waals surface area contributed by atoms with Gasteiger partial charge >= 0.3 is 0 Å². The van der Waals surface area contributed by atoms with Crippen LogP contribution in [0.15, 0.2) is 22.8 Å². The van der Waals surface area contributed by atoms with Gasteiger partial charge in [-0.2, -0.15) is 0 Å². The van der Waals surface area contributed by atoms with E-state index >= 15 is 0 Å². The van der Waals surface area contributed by atoms with Crippen LogP contribution in [0.3, 0.4) is 0 Å². The topological polar surface area (TPSA) is 42.2 Å². The lowest BCUT2D eigenvalue weighted by Crippen LogP contribution is -2.37. The fraction of sp³-hybridized carbons (Fsp3) is 0.643. The highest BCUT2D eigenvalue weighted by Gasteiger charge is 2.22. The normalized spacial score (nSPS) is 24.5. The molecule has 0 spiro atoms. The van der Waals surface area contributed by atoms with Crippen molar-refractivity contribution in [2.24, 2.45) is 5.92 Å². The molecule has 0 aromatic carbocycles. The van der Waals surface area contributed by atoms with Crippen molar-refractivity contribution in [1.29, 1.82) is 0 Å². The summed E-state index contributed by atoms with van der Waals surface area (Å²) in [5.74, 6) is 1.21. The molecule has 2 rings (SSSR count). The molecule has 1 aliphatic rings. The summed E-state index contributed by atoms with van der Waals surface area (Å²) >= 11 is 0. The Kier molecular flexibility index (Phi) is 4.24. The average molecular weight is 235 g/mol. The van der Waals surface area contributed by atoms with Crippen LogP contribution in [0.5, 0.6) is 0 Å². The van der Waals surface area contributed by atoms with Crippen LogP contribution >= 0.6 is 0 Å². The zero-order valence-electron chi connectivity index (χ0n) is 10.4. The minimum atomic E-state index is -0.0751. The van der Waals surface area contributed by atoms with Crippen molar-refractivity contribution in [2.45, 2.75) is 51.5 Å². The molecule has 1 N–H and O–H groups in total. The van der Waals surface area contributed by atoms with Gasteiger partial charge in [0.1, 0.15) is 0 Å². The maximum absolute atomic E-state index is 11.8. The molecule has 94 valence electrons. The maximum Gasteiger partial charge on any atom is 0.287 e. The van der Waals surface area contributed by atoms with E-state index in [1.165, 1.54) is 31.9 Å². The predicted octanol–water partition coefficient (Wildman–Crippen LogP) is 3.37. The molecule has 1 aromatic rings. The standard InChI is InChI=1S/C14H21NO2/c1-2-4-11-6-8-12(9-7-11)15-14(16)13-5-3-10-17-13/h3,5,10-12H,2,4,6-9H2,1H3,(H,15,16). The molecular formula is C14H21NO2. The zero-order valence-corrected chi connectivity index (χ0v) is 10.4. The van der Waals surface area contributed by atoms with Gasteiger partial charge in [-0.1, -0.05) is 19.8 Å². The number of nitrogens with one attached hydrogen (secondary N) is 1. The monoisotopic (exact) mass is 235 g/mol. The molecule has 1 saturated carbocycles. The van der Waals surface area contributed by atoms with E-state index in [0.29, 0.717) is 11.8 Å². The van der Waals surface area contributed by atoms with Gasteiger partial charge in [0.2, 0.25) is 0 Å². The molecular weight excluding hydrogens is 214 g/mol. The van der Waals surface area contributed by atoms with Crippen LogP contribution in [0.25, 0.3) is 0 Å². The Morgan fingerprint density at radius 1 is 1.41 bits per heavy atom. The van der Waals surface area contributed by atoms with Crippen molar-refractivity contribution in [3.05, 3.63) is 24.2 Å². The van der Waals surface area contributed by atoms with E-state index in [2.05, 4.69) is 12.2 Å². The molecule has 1 amide bonds. The highest BCUT2D eigenvalue weighted by atomic mass is 16.3. The molecule has 17 heavy (non-hydrogen) atoms. The first kappa shape index (κ1) is 12.2. The number of amides is 1. The molecule has 0 saturated heterocycles. The highest BCUT2D eigenvalue weighted by Crippen LogP contribution is 2.27. The SMILES string of the molecule is CCCC1CCC(NC(=O)c2ccco2)CC1. The van der Waals surface area contributed by atoms with Gasteiger partial charge < -0.3 is 9.73 Å². The van der Waals surface area contributed by atoms with Crippen LogP contribution < -0.4 is 5.32 Å². The Morgan fingerprint density at radius 3 is 2.76 bits per heavy atom. The fourth-order valence-corrected chi connectivity index (χ4v) is 2.67. The second-order valence-corrected chi connectivity index (χ2v) is 4.96. The zero-order chi connectivity index (χ0) is 12.1. The summed E-state index contributed by atoms with van der Waals surface area (Å²) in [7, 11) is 0. The summed E-state index contributed by atoms with van der Waals surface area (Å²) < 4.78 is 5.08. The smallest absolute Gasteiger partial charge is 0.287 e. The summed E-state index contributed by atoms with van der Waals surface area (Å²) in [5.41, 5.74) is 0. The lowest BCUT2D eigenvalue weighted by molar-refractivity contribution is 0.0893. The van der Waals surface area contributed by atoms with Crippen molar-refractivity contribution < 1.29 is 9.21 Å². The summed E-state index contributed by atoms with van der Waals surface area (Å²) in [4.78, 5) is 11.8. The third-order valence-electron chi connectivity index (χ3n) is 3.62. The third kappa shape index (κ3) is 3.35. The third-order valence-corrected chi connectivity index (χ3v) is 3.62. The van der Waals surface area contributed by atoms with Gasteiger partial charge in [0.15, 0.2) is 5.76 Å². The Balaban J connectivity index is 1.76. The van der Waals surface area contributed by atoms with E-state index in [1.54, 1.807) is 12.1 Å². The molecule has 3 nitrogen and oxygen atoms in total. The van der Waals surface area contributed by atoms with Crippen LogP contribution in [0.2, 0.25) is 0 Å². The van der Waals surface area contributed by atoms with Gasteiger partial charge in [-0.3, -0.25) is 4.79 Å². The highest BCUT2D eigenvalue weighted by molar-refractivity contribution is 5.91. The number of carbonyl (C=O) groups excluding carboxylic acids is 1. The molecule has 1 aliphatic carbocycles. The van der Waals surface area contributed by atoms with Crippen molar-refractivity contribution in [1.82, 2.24) is 5.32 Å². The molecule has 1 aromatic heterocycles. The summed E-state index contributed by atoms with van der Waals surface area (Å²) in [6, 6.07) is 3.78. The van der Waals surface area contributed by atoms with E-state index in [-0.39, 0.29) is 5.91 Å². The Labute approximate surface area is 103 Å². The van der Waals surface area contributed by atoms with Crippen LogP contribution in [-0.4, -0.2) is 11.9 Å². The van der Waals surface area contributed by atoms with Gasteiger partial charge in [0.25, 0.3) is 5.91 Å². The molecule has 1 fully saturated rings. The maximum atomic E-state index is 11.8. The first-order chi connectivity index (χ1) is 8.29. The molecule has 0 unspecified atom stereocenters. The summed E-state index contributed by atoms with van der Waals surface area (Å²) in [6.07, 6.45) is 8.85. The number of rotatable bonds is 4. The van der Waals surface area contributed by atoms with Crippen molar-refractivity contribution in [3.63, 3.8) is 0 Å². The minimum Gasteiger partial charge on any atom is -0.459 e. The second-order valence-electron chi connectivity index (χ2n) is 4.96. The molecule has 0 atom stereocenters. The van der Waals surface area contributed by atoms with Gasteiger partial charge in [-0.25, -0.2) is 0 Å². The Hall–Kier alpha value is -1.25. The predicted molar refractivity (Wildman–Crippen MR) is 66.8 cm³/mol. The lowest BCUT2D eigenvalue weighted by atomic mass is 9.83. The van der Waals surface area contributed by atoms with E-state index in [9.17, 15) is 4.79 Å². The summed E-state index contributed by atoms with van der Waals surface area (Å²) in [6.45, 7) is 2.24. The fourth-order valence-electron chi connectivity index (χ4n) is 2.67. The first-order valence-electron chi connectivity index (χ1n) is 6.64. The number of carbonyl (C=O) groups is 1. The van der Waals surface area contributed by atoms with Crippen molar-refractivity contribution >= 4 is 5.91 Å². The first-order valence-corrected chi connectivity index (χ1v) is 6.64. The quantitative estimate of drug-likeness (QED) is 0.869. The van der Waals surface area contributed by atoms with Gasteiger partial charge in [-0.05, 0) is 43.7 Å². The molecule has 0 radical (unpaired) electrons. The van der Waals surface area contributed by atoms with E-state index in [4.69, 9.17) is 4.42 Å². The summed E-state index contributed by atoms with van der Waals surface area (Å²) in [5, 5.41) is 3.05. The van der Waals surface area contributed by atoms with E-state index < -0.39 is 0 Å². The number of hydrogen-bond donors (Lipinski definition) is 1. The Morgan fingerprint density at radius 2 is 2.18 bits per heavy atom. The second kappa shape index (κ2) is 5.89. The Bertz CT molecular complexity index is 337. The molecule has 0 bridgehead atoms. The molecule has 0 aliphatic heterocycles. The van der Waals surface area contributed by atoms with Crippen molar-refractivity contribution in [3.8, 4) is 0 Å². The largest absolute Gasteiger partial charge is 0.459 e. The van der Waals surface area contributed by atoms with E-state index in [0.717, 1.165) is 18.8 Å². The number of furan rings is 1.